The van der Waals surface area contributed by atoms with Gasteiger partial charge in [0.1, 0.15) is 10.9 Å². The number of thiophene rings is 1. The first-order valence-electron chi connectivity index (χ1n) is 5.58. The Kier molecular flexibility index (Phi) is 3.20. The van der Waals surface area contributed by atoms with E-state index in [4.69, 9.17) is 26.3 Å². The van der Waals surface area contributed by atoms with Crippen LogP contribution in [0.5, 0.6) is 11.5 Å². The molecule has 0 atom stereocenters. The molecule has 0 fully saturated rings. The Hall–Kier alpha value is -1.90. The van der Waals surface area contributed by atoms with Crippen molar-refractivity contribution in [2.24, 2.45) is 0 Å². The van der Waals surface area contributed by atoms with Crippen LogP contribution in [0, 0.1) is 11.3 Å². The number of rotatable bonds is 3. The standard InChI is InChI=1S/C13H9ClN2O2S/c14-10-3-12-13(18-7-17-12)4-11(10)16-6-9-2-1-8(5-15)19-9/h1-4,16H,6-7H2. The number of nitriles is 1. The summed E-state index contributed by atoms with van der Waals surface area (Å²) in [5.74, 6) is 1.36. The third-order valence-corrected chi connectivity index (χ3v) is 3.99. The van der Waals surface area contributed by atoms with Gasteiger partial charge in [0, 0.05) is 23.6 Å². The molecule has 0 radical (unpaired) electrons. The average molecular weight is 293 g/mol. The Morgan fingerprint density at radius 1 is 1.32 bits per heavy atom. The van der Waals surface area contributed by atoms with E-state index in [0.717, 1.165) is 10.6 Å². The van der Waals surface area contributed by atoms with Crippen LogP contribution in [0.25, 0.3) is 0 Å². The van der Waals surface area contributed by atoms with Crippen molar-refractivity contribution in [2.45, 2.75) is 6.54 Å². The molecule has 2 aromatic rings. The Balaban J connectivity index is 1.75. The minimum absolute atomic E-state index is 0.228. The zero-order valence-electron chi connectivity index (χ0n) is 9.77. The van der Waals surface area contributed by atoms with Gasteiger partial charge in [-0.05, 0) is 12.1 Å². The first-order chi connectivity index (χ1) is 9.26. The fraction of sp³-hybridized carbons (Fsp3) is 0.154. The number of anilines is 1. The molecule has 6 heteroatoms. The summed E-state index contributed by atoms with van der Waals surface area (Å²) < 4.78 is 10.6. The van der Waals surface area contributed by atoms with Crippen LogP contribution in [-0.2, 0) is 6.54 Å². The number of halogens is 1. The van der Waals surface area contributed by atoms with Gasteiger partial charge in [-0.2, -0.15) is 5.26 Å². The quantitative estimate of drug-likeness (QED) is 0.939. The molecule has 0 saturated carbocycles. The van der Waals surface area contributed by atoms with E-state index in [1.54, 1.807) is 6.07 Å². The van der Waals surface area contributed by atoms with E-state index in [9.17, 15) is 0 Å². The van der Waals surface area contributed by atoms with Crippen LogP contribution in [0.15, 0.2) is 24.3 Å². The van der Waals surface area contributed by atoms with Crippen molar-refractivity contribution in [3.63, 3.8) is 0 Å². The molecule has 1 N–H and O–H groups in total. The van der Waals surface area contributed by atoms with Crippen molar-refractivity contribution in [3.05, 3.63) is 39.0 Å². The summed E-state index contributed by atoms with van der Waals surface area (Å²) in [6.07, 6.45) is 0. The summed E-state index contributed by atoms with van der Waals surface area (Å²) >= 11 is 7.62. The topological polar surface area (TPSA) is 54.3 Å². The summed E-state index contributed by atoms with van der Waals surface area (Å²) in [5, 5.41) is 12.6. The molecule has 0 bridgehead atoms. The van der Waals surface area contributed by atoms with Gasteiger partial charge in [0.15, 0.2) is 11.5 Å². The molecule has 96 valence electrons. The molecule has 0 saturated heterocycles. The van der Waals surface area contributed by atoms with Crippen LogP contribution in [0.2, 0.25) is 5.02 Å². The molecule has 1 aromatic carbocycles. The Morgan fingerprint density at radius 2 is 2.11 bits per heavy atom. The minimum atomic E-state index is 0.228. The van der Waals surface area contributed by atoms with Crippen LogP contribution >= 0.6 is 22.9 Å². The van der Waals surface area contributed by atoms with Gasteiger partial charge >= 0.3 is 0 Å². The van der Waals surface area contributed by atoms with Crippen LogP contribution < -0.4 is 14.8 Å². The van der Waals surface area contributed by atoms with E-state index in [2.05, 4.69) is 11.4 Å². The number of nitrogens with zero attached hydrogens (tertiary/aromatic N) is 1. The highest BCUT2D eigenvalue weighted by atomic mass is 35.5. The van der Waals surface area contributed by atoms with E-state index in [1.807, 2.05) is 18.2 Å². The molecular formula is C13H9ClN2O2S. The lowest BCUT2D eigenvalue weighted by Crippen LogP contribution is -1.98. The molecule has 0 unspecified atom stereocenters. The highest BCUT2D eigenvalue weighted by Crippen LogP contribution is 2.39. The molecule has 1 aromatic heterocycles. The maximum atomic E-state index is 8.77. The molecule has 4 nitrogen and oxygen atoms in total. The Bertz CT molecular complexity index is 663. The van der Waals surface area contributed by atoms with Crippen molar-refractivity contribution in [1.82, 2.24) is 0 Å². The zero-order valence-corrected chi connectivity index (χ0v) is 11.3. The zero-order chi connectivity index (χ0) is 13.2. The highest BCUT2D eigenvalue weighted by Gasteiger charge is 2.16. The SMILES string of the molecule is N#Cc1ccc(CNc2cc3c(cc2Cl)OCO3)s1. The lowest BCUT2D eigenvalue weighted by molar-refractivity contribution is 0.174. The maximum Gasteiger partial charge on any atom is 0.231 e. The number of hydrogen-bond donors (Lipinski definition) is 1. The van der Waals surface area contributed by atoms with Gasteiger partial charge in [0.25, 0.3) is 0 Å². The first-order valence-corrected chi connectivity index (χ1v) is 6.77. The molecule has 1 aliphatic rings. The van der Waals surface area contributed by atoms with Gasteiger partial charge in [0.05, 0.1) is 10.7 Å². The predicted octanol–water partition coefficient (Wildman–Crippen LogP) is 3.61. The lowest BCUT2D eigenvalue weighted by Gasteiger charge is -2.08. The summed E-state index contributed by atoms with van der Waals surface area (Å²) in [6.45, 7) is 0.845. The number of nitrogens with one attached hydrogen (secondary N) is 1. The second-order valence-corrected chi connectivity index (χ2v) is 5.49. The second kappa shape index (κ2) is 5.00. The van der Waals surface area contributed by atoms with E-state index in [0.29, 0.717) is 27.9 Å². The van der Waals surface area contributed by atoms with Gasteiger partial charge in [0.2, 0.25) is 6.79 Å². The summed E-state index contributed by atoms with van der Waals surface area (Å²) in [6, 6.07) is 9.42. The summed E-state index contributed by atoms with van der Waals surface area (Å²) in [7, 11) is 0. The van der Waals surface area contributed by atoms with Crippen molar-refractivity contribution >= 4 is 28.6 Å². The second-order valence-electron chi connectivity index (χ2n) is 3.92. The van der Waals surface area contributed by atoms with Gasteiger partial charge in [-0.1, -0.05) is 11.6 Å². The predicted molar refractivity (Wildman–Crippen MR) is 73.9 cm³/mol. The van der Waals surface area contributed by atoms with E-state index < -0.39 is 0 Å². The van der Waals surface area contributed by atoms with Gasteiger partial charge < -0.3 is 14.8 Å². The third kappa shape index (κ3) is 2.46. The molecule has 19 heavy (non-hydrogen) atoms. The fourth-order valence-corrected chi connectivity index (χ4v) is 2.73. The third-order valence-electron chi connectivity index (χ3n) is 2.69. The molecular weight excluding hydrogens is 284 g/mol. The van der Waals surface area contributed by atoms with E-state index in [1.165, 1.54) is 11.3 Å². The molecule has 1 aliphatic heterocycles. The Morgan fingerprint density at radius 3 is 2.84 bits per heavy atom. The summed E-state index contributed by atoms with van der Waals surface area (Å²) in [5.41, 5.74) is 0.790. The molecule has 0 aliphatic carbocycles. The van der Waals surface area contributed by atoms with Crippen molar-refractivity contribution < 1.29 is 9.47 Å². The fourth-order valence-electron chi connectivity index (χ4n) is 1.77. The normalized spacial score (nSPS) is 12.2. The van der Waals surface area contributed by atoms with Crippen LogP contribution in [0.4, 0.5) is 5.69 Å². The number of fused-ring (bicyclic) bond motifs is 1. The van der Waals surface area contributed by atoms with Crippen LogP contribution in [-0.4, -0.2) is 6.79 Å². The van der Waals surface area contributed by atoms with Crippen molar-refractivity contribution in [1.29, 1.82) is 5.26 Å². The lowest BCUT2D eigenvalue weighted by atomic mass is 10.2. The number of hydrogen-bond acceptors (Lipinski definition) is 5. The Labute approximate surface area is 119 Å². The van der Waals surface area contributed by atoms with Crippen LogP contribution in [0.1, 0.15) is 9.75 Å². The molecule has 0 amide bonds. The van der Waals surface area contributed by atoms with Crippen molar-refractivity contribution in [3.8, 4) is 17.6 Å². The molecule has 2 heterocycles. The first kappa shape index (κ1) is 12.2. The summed E-state index contributed by atoms with van der Waals surface area (Å²) in [4.78, 5) is 1.78. The smallest absolute Gasteiger partial charge is 0.231 e. The number of benzene rings is 1. The van der Waals surface area contributed by atoms with Gasteiger partial charge in [-0.3, -0.25) is 0 Å². The highest BCUT2D eigenvalue weighted by molar-refractivity contribution is 7.12. The van der Waals surface area contributed by atoms with E-state index >= 15 is 0 Å². The number of ether oxygens (including phenoxy) is 2. The van der Waals surface area contributed by atoms with Crippen molar-refractivity contribution in [2.75, 3.05) is 12.1 Å². The van der Waals surface area contributed by atoms with Crippen LogP contribution in [0.3, 0.4) is 0 Å². The molecule has 0 spiro atoms. The maximum absolute atomic E-state index is 8.77. The minimum Gasteiger partial charge on any atom is -0.454 e. The van der Waals surface area contributed by atoms with Gasteiger partial charge in [-0.25, -0.2) is 0 Å². The van der Waals surface area contributed by atoms with Gasteiger partial charge in [-0.15, -0.1) is 11.3 Å². The van der Waals surface area contributed by atoms with E-state index in [-0.39, 0.29) is 6.79 Å². The average Bonchev–Trinajstić information content (AvgIpc) is 3.03. The molecule has 3 rings (SSSR count). The monoisotopic (exact) mass is 292 g/mol. The largest absolute Gasteiger partial charge is 0.454 e.